The summed E-state index contributed by atoms with van der Waals surface area (Å²) < 4.78 is 55.0. The maximum absolute atomic E-state index is 13.5. The number of carbonyl (C=O) groups excluding carboxylic acids is 9. The molecule has 0 aliphatic carbocycles. The fourth-order valence-corrected chi connectivity index (χ4v) is 9.00. The van der Waals surface area contributed by atoms with E-state index in [0.717, 1.165) is 44.3 Å². The lowest BCUT2D eigenvalue weighted by molar-refractivity contribution is -0.688. The number of hydrogen-bond acceptors (Lipinski definition) is 18. The fourth-order valence-electron chi connectivity index (χ4n) is 9.00. The van der Waals surface area contributed by atoms with Gasteiger partial charge in [-0.1, -0.05) is 18.9 Å². The normalized spacial score (nSPS) is 19.1. The summed E-state index contributed by atoms with van der Waals surface area (Å²) in [6, 6.07) is 13.4. The third-order valence-electron chi connectivity index (χ3n) is 13.2. The highest BCUT2D eigenvalue weighted by Crippen LogP contribution is 2.32. The molecule has 4 heterocycles. The van der Waals surface area contributed by atoms with Gasteiger partial charge in [-0.3, -0.25) is 39.0 Å². The molecule has 3 aromatic rings. The van der Waals surface area contributed by atoms with Gasteiger partial charge >= 0.3 is 24.3 Å². The Kier molecular flexibility index (Phi) is 25.3. The first kappa shape index (κ1) is 70.8. The Morgan fingerprint density at radius 2 is 1.45 bits per heavy atom. The molecule has 1 aromatic heterocycles. The lowest BCUT2D eigenvalue weighted by Gasteiger charge is -2.38. The number of unbranched alkanes of at least 4 members (excludes halogenated alkanes) is 1. The smallest absolute Gasteiger partial charge is 0.430 e. The summed E-state index contributed by atoms with van der Waals surface area (Å²) in [4.78, 5) is 126. The summed E-state index contributed by atoms with van der Waals surface area (Å²) in [6.45, 7) is 11.2. The van der Waals surface area contributed by atoms with E-state index in [2.05, 4.69) is 26.6 Å². The Balaban J connectivity index is 0.00000194. The molecule has 3 aliphatic heterocycles. The van der Waals surface area contributed by atoms with Gasteiger partial charge in [0.05, 0.1) is 12.2 Å². The van der Waals surface area contributed by atoms with Gasteiger partial charge in [0.2, 0.25) is 24.0 Å². The largest absolute Gasteiger partial charge is 0.542 e. The quantitative estimate of drug-likeness (QED) is 0.0301. The van der Waals surface area contributed by atoms with Crippen molar-refractivity contribution >= 4 is 77.0 Å². The first-order valence-corrected chi connectivity index (χ1v) is 28.1. The molecule has 2 saturated heterocycles. The van der Waals surface area contributed by atoms with Crippen molar-refractivity contribution in [3.63, 3.8) is 0 Å². The van der Waals surface area contributed by atoms with Crippen molar-refractivity contribution in [3.05, 3.63) is 102 Å². The van der Waals surface area contributed by atoms with E-state index in [1.807, 2.05) is 4.90 Å². The number of aliphatic hydroxyl groups excluding tert-OH is 3. The second-order valence-electron chi connectivity index (χ2n) is 22.7. The molecule has 9 N–H and O–H groups in total. The lowest BCUT2D eigenvalue weighted by atomic mass is 9.91. The number of nitrogens with one attached hydrogen (secondary N) is 5. The van der Waals surface area contributed by atoms with Crippen LogP contribution in [0.1, 0.15) is 102 Å². The van der Waals surface area contributed by atoms with Crippen molar-refractivity contribution in [2.45, 2.75) is 141 Å². The average Bonchev–Trinajstić information content (AvgIpc) is 1.67. The predicted octanol–water partition coefficient (Wildman–Crippen LogP) is 2.05. The van der Waals surface area contributed by atoms with Gasteiger partial charge in [0.25, 0.3) is 17.7 Å². The Bertz CT molecular complexity index is 3100. The van der Waals surface area contributed by atoms with Gasteiger partial charge in [0.15, 0.2) is 25.0 Å². The van der Waals surface area contributed by atoms with Crippen LogP contribution >= 0.6 is 0 Å². The number of rotatable bonds is 22. The highest BCUT2D eigenvalue weighted by atomic mass is 19.4. The van der Waals surface area contributed by atoms with Crippen LogP contribution in [0.15, 0.2) is 85.2 Å². The number of benzene rings is 2. The molecular weight excluding hydrogens is 1180 g/mol. The van der Waals surface area contributed by atoms with Crippen LogP contribution in [0.5, 0.6) is 5.75 Å². The van der Waals surface area contributed by atoms with Crippen molar-refractivity contribution in [2.24, 2.45) is 5.92 Å². The number of carbonyl (C=O) groups is 10. The molecule has 30 heteroatoms. The van der Waals surface area contributed by atoms with Crippen molar-refractivity contribution < 1.29 is 110 Å². The van der Waals surface area contributed by atoms with Crippen LogP contribution in [0.4, 0.5) is 34.1 Å². The summed E-state index contributed by atoms with van der Waals surface area (Å²) in [6.07, 6.45) is -3.93. The van der Waals surface area contributed by atoms with Gasteiger partial charge in [0, 0.05) is 79.3 Å². The Hall–Kier alpha value is -9.00. The molecule has 2 fully saturated rings. The number of aromatic nitrogens is 1. The van der Waals surface area contributed by atoms with Crippen LogP contribution in [0.3, 0.4) is 0 Å². The Morgan fingerprint density at radius 1 is 0.798 bits per heavy atom. The SMILES string of the molecule is CC(C)(C)OC(=O)NC[C@@H](C(=O)NCCC(=O)Nc1cc(C[n+]2cccc(/C=C/C(=O)NCCCCC3CCN(C(=O)c4cccc(NC(=O)OC(C)(C)C)c4)CC3)c2)ccc1O[C@@H]1O[C@H](C(=O)O)[C@@H](O)[C@H](O)[C@H]1O)N1C(=O)C=CC1=O.O=C([O-])C(F)(F)F. The molecule has 89 heavy (non-hydrogen) atoms. The number of alkyl carbamates (subject to hydrolysis) is 1. The van der Waals surface area contributed by atoms with Crippen LogP contribution in [0.2, 0.25) is 0 Å². The lowest BCUT2D eigenvalue weighted by Crippen LogP contribution is -2.61. The first-order valence-electron chi connectivity index (χ1n) is 28.1. The molecule has 0 unspecified atom stereocenters. The van der Waals surface area contributed by atoms with Gasteiger partial charge in [0.1, 0.15) is 47.3 Å². The molecule has 484 valence electrons. The minimum atomic E-state index is -5.19. The molecule has 0 radical (unpaired) electrons. The number of halogens is 3. The third kappa shape index (κ3) is 22.9. The molecule has 0 saturated carbocycles. The first-order chi connectivity index (χ1) is 41.7. The summed E-state index contributed by atoms with van der Waals surface area (Å²) in [5.74, 6) is -7.91. The minimum absolute atomic E-state index is 0.0168. The number of amides is 8. The van der Waals surface area contributed by atoms with E-state index in [1.54, 1.807) is 107 Å². The number of anilines is 2. The monoisotopic (exact) mass is 1250 g/mol. The van der Waals surface area contributed by atoms with E-state index in [0.29, 0.717) is 52.8 Å². The molecule has 3 aliphatic rings. The van der Waals surface area contributed by atoms with Gasteiger partial charge in [-0.15, -0.1) is 0 Å². The third-order valence-corrected chi connectivity index (χ3v) is 13.2. The van der Waals surface area contributed by atoms with Crippen LogP contribution in [-0.2, 0) is 54.3 Å². The Morgan fingerprint density at radius 3 is 2.08 bits per heavy atom. The number of piperidine rings is 1. The van der Waals surface area contributed by atoms with E-state index < -0.39 is 115 Å². The molecular formula is C59H73F3N8O19. The summed E-state index contributed by atoms with van der Waals surface area (Å²) >= 11 is 0. The number of carboxylic acids is 2. The molecule has 0 bridgehead atoms. The fraction of sp³-hybridized carbons (Fsp3) is 0.475. The standard InChI is InChI=1S/C57H72N8O17.C2HF3O2/c1-56(2,3)81-54(77)60-31-40(65-44(68)19-20-45(65)69)50(73)59-25-21-43(67)62-39-29-36(15-17-41(39)79-53-48(72)46(70)47(71)49(80-53)52(75)76)33-63-26-10-12-35(32-63)16-18-42(66)58-24-8-7-11-34-22-27-64(28-23-34)51(74)37-13-9-14-38(30-37)61-55(78)82-57(4,5)6;3-2(4,5)1(6)7/h9-10,12-20,26,29-30,32,34,40,46-49,53,70-72H,7-8,11,21-25,27-28,31,33H2,1-6H3,(H5-,58,59,60,61,62,66,67,73,75,76,77,78);(H,6,7)/b18-16+;/t40-,46-,47-,48+,49-,53+;/m0./s1. The second kappa shape index (κ2) is 31.8. The Labute approximate surface area is 509 Å². The number of ether oxygens (including phenoxy) is 4. The summed E-state index contributed by atoms with van der Waals surface area (Å²) in [5, 5.41) is 62.9. The summed E-state index contributed by atoms with van der Waals surface area (Å²) in [7, 11) is 0. The van der Waals surface area contributed by atoms with Crippen LogP contribution in [-0.4, -0.2) is 177 Å². The number of likely N-dealkylation sites (tertiary alicyclic amines) is 1. The van der Waals surface area contributed by atoms with E-state index in [-0.39, 0.29) is 36.3 Å². The number of aliphatic carboxylic acids is 2. The van der Waals surface area contributed by atoms with Crippen LogP contribution < -0.4 is 41.0 Å². The molecule has 27 nitrogen and oxygen atoms in total. The number of hydrogen-bond donors (Lipinski definition) is 9. The number of pyridine rings is 1. The van der Waals surface area contributed by atoms with Crippen LogP contribution in [0.25, 0.3) is 6.08 Å². The second-order valence-corrected chi connectivity index (χ2v) is 22.7. The van der Waals surface area contributed by atoms with E-state index in [4.69, 9.17) is 28.8 Å². The number of carboxylic acid groups (broad SMARTS) is 2. The molecule has 8 amide bonds. The van der Waals surface area contributed by atoms with Crippen molar-refractivity contribution in [2.75, 3.05) is 43.4 Å². The molecule has 6 atom stereocenters. The summed E-state index contributed by atoms with van der Waals surface area (Å²) in [5.41, 5.74) is 0.653. The maximum atomic E-state index is 13.5. The van der Waals surface area contributed by atoms with Crippen molar-refractivity contribution in [1.29, 1.82) is 0 Å². The molecule has 6 rings (SSSR count). The van der Waals surface area contributed by atoms with E-state index in [9.17, 15) is 76.7 Å². The molecule has 0 spiro atoms. The molecule has 2 aromatic carbocycles. The highest BCUT2D eigenvalue weighted by Gasteiger charge is 2.48. The van der Waals surface area contributed by atoms with Gasteiger partial charge in [-0.25, -0.2) is 19.0 Å². The number of aliphatic hydroxyl groups is 3. The minimum Gasteiger partial charge on any atom is -0.542 e. The predicted molar refractivity (Wildman–Crippen MR) is 304 cm³/mol. The maximum Gasteiger partial charge on any atom is 0.430 e. The average molecular weight is 1260 g/mol. The number of imide groups is 1. The van der Waals surface area contributed by atoms with Gasteiger partial charge < -0.3 is 75.4 Å². The zero-order valence-corrected chi connectivity index (χ0v) is 49.6. The highest BCUT2D eigenvalue weighted by molar-refractivity contribution is 6.15. The van der Waals surface area contributed by atoms with Gasteiger partial charge in [-0.05, 0) is 115 Å². The number of alkyl halides is 3. The van der Waals surface area contributed by atoms with Gasteiger partial charge in [-0.2, -0.15) is 13.2 Å². The van der Waals surface area contributed by atoms with Crippen molar-refractivity contribution in [1.82, 2.24) is 25.8 Å². The number of nitrogens with zero attached hydrogens (tertiary/aromatic N) is 3. The van der Waals surface area contributed by atoms with Crippen molar-refractivity contribution in [3.8, 4) is 5.75 Å². The topological polar surface area (TPSA) is 382 Å². The van der Waals surface area contributed by atoms with E-state index >= 15 is 0 Å². The van der Waals surface area contributed by atoms with Crippen LogP contribution in [0, 0.1) is 5.92 Å². The zero-order valence-electron chi connectivity index (χ0n) is 49.6. The van der Waals surface area contributed by atoms with E-state index in [1.165, 1.54) is 18.2 Å². The zero-order chi connectivity index (χ0) is 66.0.